The number of benzene rings is 1. The van der Waals surface area contributed by atoms with E-state index in [1.165, 1.54) is 6.92 Å². The van der Waals surface area contributed by atoms with Crippen LogP contribution in [0, 0.1) is 0 Å². The van der Waals surface area contributed by atoms with Crippen molar-refractivity contribution < 1.29 is 19.1 Å². The summed E-state index contributed by atoms with van der Waals surface area (Å²) in [5, 5.41) is 3.10. The smallest absolute Gasteiger partial charge is 0.311 e. The molecular formula is C14H18ClNO4. The van der Waals surface area contributed by atoms with Crippen molar-refractivity contribution >= 4 is 23.5 Å². The maximum atomic E-state index is 11.7. The Hall–Kier alpha value is -1.59. The van der Waals surface area contributed by atoms with Gasteiger partial charge in [-0.3, -0.25) is 9.59 Å². The average Bonchev–Trinajstić information content (AvgIpc) is 2.41. The van der Waals surface area contributed by atoms with E-state index in [1.807, 2.05) is 0 Å². The van der Waals surface area contributed by atoms with Gasteiger partial charge in [-0.15, -0.1) is 0 Å². The first-order valence-corrected chi connectivity index (χ1v) is 6.62. The standard InChI is InChI=1S/C14H18ClNO4/c1-10(14(18)16-7-8-19-2)20-13(17)9-11-5-3-4-6-12(11)15/h3-6,10H,7-9H2,1-2H3,(H,16,18)/t10-/m1/s1. The van der Waals surface area contributed by atoms with E-state index in [0.29, 0.717) is 23.7 Å². The first-order chi connectivity index (χ1) is 9.54. The summed E-state index contributed by atoms with van der Waals surface area (Å²) < 4.78 is 9.86. The molecule has 1 aromatic rings. The monoisotopic (exact) mass is 299 g/mol. The Bertz CT molecular complexity index is 464. The van der Waals surface area contributed by atoms with Gasteiger partial charge in [0.15, 0.2) is 6.10 Å². The summed E-state index contributed by atoms with van der Waals surface area (Å²) in [5.41, 5.74) is 0.672. The van der Waals surface area contributed by atoms with Gasteiger partial charge in [-0.2, -0.15) is 0 Å². The molecule has 0 saturated carbocycles. The van der Waals surface area contributed by atoms with E-state index >= 15 is 0 Å². The van der Waals surface area contributed by atoms with Gasteiger partial charge in [0.2, 0.25) is 0 Å². The second-order valence-corrected chi connectivity index (χ2v) is 4.59. The third-order valence-electron chi connectivity index (χ3n) is 2.58. The maximum absolute atomic E-state index is 11.7. The molecule has 0 aliphatic heterocycles. The number of carbonyl (C=O) groups excluding carboxylic acids is 2. The Morgan fingerprint density at radius 3 is 2.70 bits per heavy atom. The van der Waals surface area contributed by atoms with Gasteiger partial charge in [0, 0.05) is 18.7 Å². The Kier molecular flexibility index (Phi) is 7.04. The van der Waals surface area contributed by atoms with Crippen LogP contribution in [0.25, 0.3) is 0 Å². The van der Waals surface area contributed by atoms with Crippen molar-refractivity contribution in [2.45, 2.75) is 19.4 Å². The minimum absolute atomic E-state index is 0.0371. The SMILES string of the molecule is COCCNC(=O)[C@@H](C)OC(=O)Cc1ccccc1Cl. The molecule has 1 rings (SSSR count). The molecule has 0 unspecified atom stereocenters. The largest absolute Gasteiger partial charge is 0.452 e. The molecule has 0 spiro atoms. The summed E-state index contributed by atoms with van der Waals surface area (Å²) in [7, 11) is 1.54. The van der Waals surface area contributed by atoms with Crippen molar-refractivity contribution in [1.29, 1.82) is 0 Å². The van der Waals surface area contributed by atoms with E-state index < -0.39 is 12.1 Å². The summed E-state index contributed by atoms with van der Waals surface area (Å²) in [6.45, 7) is 2.31. The molecule has 1 N–H and O–H groups in total. The van der Waals surface area contributed by atoms with Crippen molar-refractivity contribution in [3.63, 3.8) is 0 Å². The number of carbonyl (C=O) groups is 2. The van der Waals surface area contributed by atoms with Gasteiger partial charge in [-0.05, 0) is 18.6 Å². The predicted octanol–water partition coefficient (Wildman–Crippen LogP) is 1.58. The summed E-state index contributed by atoms with van der Waals surface area (Å²) in [6.07, 6.45) is -0.808. The molecule has 0 heterocycles. The van der Waals surface area contributed by atoms with E-state index in [1.54, 1.807) is 31.4 Å². The molecule has 0 aliphatic carbocycles. The van der Waals surface area contributed by atoms with E-state index in [-0.39, 0.29) is 12.3 Å². The molecule has 1 aromatic carbocycles. The number of esters is 1. The van der Waals surface area contributed by atoms with Crippen LogP contribution in [0.2, 0.25) is 5.02 Å². The van der Waals surface area contributed by atoms with Crippen LogP contribution in [-0.4, -0.2) is 38.2 Å². The fourth-order valence-electron chi connectivity index (χ4n) is 1.51. The van der Waals surface area contributed by atoms with E-state index in [4.69, 9.17) is 21.1 Å². The van der Waals surface area contributed by atoms with E-state index in [2.05, 4.69) is 5.32 Å². The molecule has 0 saturated heterocycles. The van der Waals surface area contributed by atoms with Crippen LogP contribution in [0.5, 0.6) is 0 Å². The fraction of sp³-hybridized carbons (Fsp3) is 0.429. The molecule has 0 aliphatic rings. The summed E-state index contributed by atoms with van der Waals surface area (Å²) >= 11 is 5.95. The molecule has 110 valence electrons. The zero-order valence-corrected chi connectivity index (χ0v) is 12.3. The lowest BCUT2D eigenvalue weighted by molar-refractivity contribution is -0.154. The number of ether oxygens (including phenoxy) is 2. The van der Waals surface area contributed by atoms with Gasteiger partial charge in [0.25, 0.3) is 5.91 Å². The Labute approximate surface area is 123 Å². The molecule has 0 fully saturated rings. The van der Waals surface area contributed by atoms with Crippen LogP contribution >= 0.6 is 11.6 Å². The number of hydrogen-bond donors (Lipinski definition) is 1. The molecule has 0 radical (unpaired) electrons. The highest BCUT2D eigenvalue weighted by Gasteiger charge is 2.18. The van der Waals surface area contributed by atoms with Gasteiger partial charge >= 0.3 is 5.97 Å². The van der Waals surface area contributed by atoms with E-state index in [0.717, 1.165) is 0 Å². The first-order valence-electron chi connectivity index (χ1n) is 6.24. The Balaban J connectivity index is 2.42. The lowest BCUT2D eigenvalue weighted by Crippen LogP contribution is -2.37. The Morgan fingerprint density at radius 1 is 1.35 bits per heavy atom. The highest BCUT2D eigenvalue weighted by Crippen LogP contribution is 2.16. The van der Waals surface area contributed by atoms with Crippen LogP contribution in [0.15, 0.2) is 24.3 Å². The molecule has 1 amide bonds. The molecule has 0 aromatic heterocycles. The molecule has 6 heteroatoms. The molecule has 1 atom stereocenters. The van der Waals surface area contributed by atoms with Crippen molar-refractivity contribution in [3.8, 4) is 0 Å². The minimum Gasteiger partial charge on any atom is -0.452 e. The number of halogens is 1. The maximum Gasteiger partial charge on any atom is 0.311 e. The summed E-state index contributed by atoms with van der Waals surface area (Å²) in [5.74, 6) is -0.845. The molecule has 0 bridgehead atoms. The molecule has 20 heavy (non-hydrogen) atoms. The van der Waals surface area contributed by atoms with Crippen molar-refractivity contribution in [2.24, 2.45) is 0 Å². The fourth-order valence-corrected chi connectivity index (χ4v) is 1.71. The predicted molar refractivity (Wildman–Crippen MR) is 75.6 cm³/mol. The van der Waals surface area contributed by atoms with Gasteiger partial charge in [-0.25, -0.2) is 0 Å². The summed E-state index contributed by atoms with van der Waals surface area (Å²) in [6, 6.07) is 7.01. The minimum atomic E-state index is -0.846. The quantitative estimate of drug-likeness (QED) is 0.613. The molecular weight excluding hydrogens is 282 g/mol. The van der Waals surface area contributed by atoms with Crippen molar-refractivity contribution in [1.82, 2.24) is 5.32 Å². The third-order valence-corrected chi connectivity index (χ3v) is 2.94. The normalized spacial score (nSPS) is 11.8. The zero-order chi connectivity index (χ0) is 15.0. The lowest BCUT2D eigenvalue weighted by Gasteiger charge is -2.13. The summed E-state index contributed by atoms with van der Waals surface area (Å²) in [4.78, 5) is 23.3. The zero-order valence-electron chi connectivity index (χ0n) is 11.5. The van der Waals surface area contributed by atoms with Crippen molar-refractivity contribution in [3.05, 3.63) is 34.9 Å². The first kappa shape index (κ1) is 16.5. The van der Waals surface area contributed by atoms with Crippen LogP contribution in [0.4, 0.5) is 0 Å². The topological polar surface area (TPSA) is 64.6 Å². The van der Waals surface area contributed by atoms with Gasteiger partial charge in [0.1, 0.15) is 0 Å². The van der Waals surface area contributed by atoms with Gasteiger partial charge < -0.3 is 14.8 Å². The number of amides is 1. The highest BCUT2D eigenvalue weighted by molar-refractivity contribution is 6.31. The number of rotatable bonds is 7. The number of methoxy groups -OCH3 is 1. The van der Waals surface area contributed by atoms with Crippen LogP contribution in [-0.2, 0) is 25.5 Å². The Morgan fingerprint density at radius 2 is 2.05 bits per heavy atom. The van der Waals surface area contributed by atoms with Gasteiger partial charge in [-0.1, -0.05) is 29.8 Å². The van der Waals surface area contributed by atoms with Crippen LogP contribution < -0.4 is 5.32 Å². The average molecular weight is 300 g/mol. The number of hydrogen-bond acceptors (Lipinski definition) is 4. The number of nitrogens with one attached hydrogen (secondary N) is 1. The second-order valence-electron chi connectivity index (χ2n) is 4.18. The highest BCUT2D eigenvalue weighted by atomic mass is 35.5. The molecule has 5 nitrogen and oxygen atoms in total. The van der Waals surface area contributed by atoms with Crippen molar-refractivity contribution in [2.75, 3.05) is 20.3 Å². The third kappa shape index (κ3) is 5.59. The van der Waals surface area contributed by atoms with Crippen LogP contribution in [0.1, 0.15) is 12.5 Å². The van der Waals surface area contributed by atoms with Crippen LogP contribution in [0.3, 0.4) is 0 Å². The van der Waals surface area contributed by atoms with Gasteiger partial charge in [0.05, 0.1) is 13.0 Å². The second kappa shape index (κ2) is 8.55. The lowest BCUT2D eigenvalue weighted by atomic mass is 10.1. The van der Waals surface area contributed by atoms with E-state index in [9.17, 15) is 9.59 Å².